The number of piperazine rings is 1. The number of carbonyl (C=O) groups is 2. The molecule has 7 heteroatoms. The fraction of sp³-hybridized carbons (Fsp3) is 0.263. The topological polar surface area (TPSA) is 43.9 Å². The smallest absolute Gasteiger partial charge is 0.300 e. The van der Waals surface area contributed by atoms with Gasteiger partial charge in [-0.2, -0.15) is 0 Å². The monoisotopic (exact) mass is 417 g/mol. The lowest BCUT2D eigenvalue weighted by atomic mass is 10.1. The number of hydrogen-bond donors (Lipinski definition) is 0. The molecule has 0 aliphatic carbocycles. The van der Waals surface area contributed by atoms with Crippen LogP contribution in [0.3, 0.4) is 0 Å². The standard InChI is InChI=1S/C19H17BrFN3O2/c20-13-5-6-16-14(11-13)18(25)19(26)24(16)12-22-7-9-23(10-8-22)17-4-2-1-3-15(17)21/h1-6,11H,7-10,12H2. The van der Waals surface area contributed by atoms with Gasteiger partial charge in [0.25, 0.3) is 5.78 Å². The first-order chi connectivity index (χ1) is 12.5. The maximum Gasteiger partial charge on any atom is 0.300 e. The number of hydrogen-bond acceptors (Lipinski definition) is 4. The number of fused-ring (bicyclic) bond motifs is 1. The molecule has 0 radical (unpaired) electrons. The molecule has 0 N–H and O–H groups in total. The fourth-order valence-electron chi connectivity index (χ4n) is 3.45. The molecule has 2 aliphatic heterocycles. The van der Waals surface area contributed by atoms with E-state index in [1.165, 1.54) is 11.0 Å². The zero-order chi connectivity index (χ0) is 18.3. The van der Waals surface area contributed by atoms with Crippen LogP contribution in [0.1, 0.15) is 10.4 Å². The van der Waals surface area contributed by atoms with Crippen molar-refractivity contribution in [3.63, 3.8) is 0 Å². The molecule has 0 aromatic heterocycles. The van der Waals surface area contributed by atoms with Gasteiger partial charge in [-0.05, 0) is 30.3 Å². The molecule has 4 rings (SSSR count). The van der Waals surface area contributed by atoms with Crippen molar-refractivity contribution in [1.82, 2.24) is 4.90 Å². The van der Waals surface area contributed by atoms with Crippen LogP contribution in [-0.2, 0) is 4.79 Å². The molecule has 0 unspecified atom stereocenters. The Morgan fingerprint density at radius 1 is 0.962 bits per heavy atom. The average Bonchev–Trinajstić information content (AvgIpc) is 2.87. The summed E-state index contributed by atoms with van der Waals surface area (Å²) in [5.74, 6) is -1.18. The molecule has 1 amide bonds. The van der Waals surface area contributed by atoms with Crippen molar-refractivity contribution in [1.29, 1.82) is 0 Å². The van der Waals surface area contributed by atoms with Crippen LogP contribution in [0.5, 0.6) is 0 Å². The minimum absolute atomic E-state index is 0.222. The van der Waals surface area contributed by atoms with Crippen molar-refractivity contribution in [2.45, 2.75) is 0 Å². The molecule has 0 spiro atoms. The van der Waals surface area contributed by atoms with Gasteiger partial charge in [-0.25, -0.2) is 4.39 Å². The quantitative estimate of drug-likeness (QED) is 0.720. The summed E-state index contributed by atoms with van der Waals surface area (Å²) in [4.78, 5) is 30.2. The third-order valence-electron chi connectivity index (χ3n) is 4.84. The molecule has 2 heterocycles. The van der Waals surface area contributed by atoms with Crippen molar-refractivity contribution in [2.24, 2.45) is 0 Å². The van der Waals surface area contributed by atoms with Crippen molar-refractivity contribution >= 4 is 39.0 Å². The lowest BCUT2D eigenvalue weighted by Gasteiger charge is -2.37. The number of para-hydroxylation sites is 1. The van der Waals surface area contributed by atoms with Gasteiger partial charge in [-0.15, -0.1) is 0 Å². The van der Waals surface area contributed by atoms with Crippen LogP contribution in [0.15, 0.2) is 46.9 Å². The van der Waals surface area contributed by atoms with Crippen LogP contribution < -0.4 is 9.80 Å². The first-order valence-corrected chi connectivity index (χ1v) is 9.21. The third kappa shape index (κ3) is 3.01. The number of Topliss-reactive ketones (excluding diaryl/α,β-unsaturated/α-hetero) is 1. The number of amides is 1. The Labute approximate surface area is 159 Å². The van der Waals surface area contributed by atoms with E-state index in [4.69, 9.17) is 0 Å². The second-order valence-corrected chi connectivity index (χ2v) is 7.34. The third-order valence-corrected chi connectivity index (χ3v) is 5.33. The molecule has 2 aromatic carbocycles. The van der Waals surface area contributed by atoms with Crippen LogP contribution in [0, 0.1) is 5.82 Å². The molecule has 2 aliphatic rings. The number of nitrogens with zero attached hydrogens (tertiary/aromatic N) is 3. The van der Waals surface area contributed by atoms with E-state index >= 15 is 0 Å². The van der Waals surface area contributed by atoms with Crippen molar-refractivity contribution in [2.75, 3.05) is 42.6 Å². The summed E-state index contributed by atoms with van der Waals surface area (Å²) in [6.45, 7) is 3.09. The lowest BCUT2D eigenvalue weighted by Crippen LogP contribution is -2.51. The number of carbonyl (C=O) groups excluding carboxylic acids is 2. The molecule has 1 saturated heterocycles. The summed E-state index contributed by atoms with van der Waals surface area (Å²) >= 11 is 3.34. The molecule has 134 valence electrons. The maximum atomic E-state index is 13.9. The highest BCUT2D eigenvalue weighted by molar-refractivity contribution is 9.10. The van der Waals surface area contributed by atoms with Gasteiger partial charge in [-0.1, -0.05) is 28.1 Å². The predicted molar refractivity (Wildman–Crippen MR) is 101 cm³/mol. The summed E-state index contributed by atoms with van der Waals surface area (Å²) in [5.41, 5.74) is 1.70. The van der Waals surface area contributed by atoms with E-state index in [9.17, 15) is 14.0 Å². The molecule has 0 saturated carbocycles. The van der Waals surface area contributed by atoms with E-state index in [2.05, 4.69) is 20.8 Å². The van der Waals surface area contributed by atoms with Gasteiger partial charge in [0.1, 0.15) is 5.82 Å². The molecular formula is C19H17BrFN3O2. The summed E-state index contributed by atoms with van der Waals surface area (Å²) in [6.07, 6.45) is 0. The van der Waals surface area contributed by atoms with Crippen LogP contribution in [0.25, 0.3) is 0 Å². The first kappa shape index (κ1) is 17.2. The van der Waals surface area contributed by atoms with Crippen molar-refractivity contribution in [3.8, 4) is 0 Å². The number of halogens is 2. The Morgan fingerprint density at radius 3 is 2.42 bits per heavy atom. The van der Waals surface area contributed by atoms with E-state index in [0.717, 1.165) is 4.47 Å². The van der Waals surface area contributed by atoms with Crippen molar-refractivity contribution < 1.29 is 14.0 Å². The van der Waals surface area contributed by atoms with E-state index in [1.54, 1.807) is 24.3 Å². The second kappa shape index (κ2) is 6.81. The fourth-order valence-corrected chi connectivity index (χ4v) is 3.81. The molecule has 5 nitrogen and oxygen atoms in total. The minimum atomic E-state index is -0.491. The summed E-state index contributed by atoms with van der Waals surface area (Å²) in [6, 6.07) is 12.1. The largest absolute Gasteiger partial charge is 0.367 e. The molecule has 26 heavy (non-hydrogen) atoms. The Balaban J connectivity index is 1.45. The number of anilines is 2. The van der Waals surface area contributed by atoms with E-state index in [0.29, 0.717) is 49.8 Å². The summed E-state index contributed by atoms with van der Waals surface area (Å²) in [7, 11) is 0. The Kier molecular flexibility index (Phi) is 4.50. The average molecular weight is 418 g/mol. The second-order valence-electron chi connectivity index (χ2n) is 6.42. The minimum Gasteiger partial charge on any atom is -0.367 e. The van der Waals surface area contributed by atoms with E-state index < -0.39 is 11.7 Å². The maximum absolute atomic E-state index is 13.9. The Bertz CT molecular complexity index is 881. The van der Waals surface area contributed by atoms with Crippen molar-refractivity contribution in [3.05, 3.63) is 58.3 Å². The zero-order valence-electron chi connectivity index (χ0n) is 14.0. The van der Waals surface area contributed by atoms with Crippen LogP contribution in [0.2, 0.25) is 0 Å². The number of benzene rings is 2. The zero-order valence-corrected chi connectivity index (χ0v) is 15.6. The SMILES string of the molecule is O=C1C(=O)N(CN2CCN(c3ccccc3F)CC2)c2ccc(Br)cc21. The van der Waals surface area contributed by atoms with Crippen LogP contribution in [-0.4, -0.2) is 49.4 Å². The molecular weight excluding hydrogens is 401 g/mol. The molecule has 2 aromatic rings. The summed E-state index contributed by atoms with van der Waals surface area (Å²) in [5, 5.41) is 0. The highest BCUT2D eigenvalue weighted by Gasteiger charge is 2.37. The Morgan fingerprint density at radius 2 is 1.69 bits per heavy atom. The molecule has 0 bridgehead atoms. The highest BCUT2D eigenvalue weighted by atomic mass is 79.9. The predicted octanol–water partition coefficient (Wildman–Crippen LogP) is 2.90. The van der Waals surface area contributed by atoms with E-state index in [-0.39, 0.29) is 5.82 Å². The molecule has 1 fully saturated rings. The van der Waals surface area contributed by atoms with Crippen LogP contribution >= 0.6 is 15.9 Å². The number of rotatable bonds is 3. The van der Waals surface area contributed by atoms with Gasteiger partial charge >= 0.3 is 5.91 Å². The highest BCUT2D eigenvalue weighted by Crippen LogP contribution is 2.31. The van der Waals surface area contributed by atoms with Gasteiger partial charge in [0.2, 0.25) is 0 Å². The van der Waals surface area contributed by atoms with Gasteiger partial charge in [0.15, 0.2) is 0 Å². The van der Waals surface area contributed by atoms with E-state index in [1.807, 2.05) is 17.0 Å². The number of ketones is 1. The normalized spacial score (nSPS) is 17.8. The summed E-state index contributed by atoms with van der Waals surface area (Å²) < 4.78 is 14.7. The van der Waals surface area contributed by atoms with Crippen LogP contribution in [0.4, 0.5) is 15.8 Å². The van der Waals surface area contributed by atoms with Gasteiger partial charge in [-0.3, -0.25) is 19.4 Å². The van der Waals surface area contributed by atoms with Gasteiger partial charge in [0.05, 0.1) is 23.6 Å². The van der Waals surface area contributed by atoms with Gasteiger partial charge in [0, 0.05) is 30.7 Å². The molecule has 0 atom stereocenters. The van der Waals surface area contributed by atoms with Gasteiger partial charge < -0.3 is 4.90 Å². The Hall–Kier alpha value is -2.25. The lowest BCUT2D eigenvalue weighted by molar-refractivity contribution is -0.114. The first-order valence-electron chi connectivity index (χ1n) is 8.42.